The summed E-state index contributed by atoms with van der Waals surface area (Å²) in [6.45, 7) is 1.30. The van der Waals surface area contributed by atoms with Gasteiger partial charge in [-0.15, -0.1) is 0 Å². The molecule has 1 unspecified atom stereocenters. The second-order valence-corrected chi connectivity index (χ2v) is 5.96. The SMILES string of the molecule is O=C1CC(CO)CN1Cc1ccc2oc3ccccc3c2c1. The van der Waals surface area contributed by atoms with Gasteiger partial charge in [0.15, 0.2) is 0 Å². The van der Waals surface area contributed by atoms with Crippen LogP contribution in [0.1, 0.15) is 12.0 Å². The fourth-order valence-corrected chi connectivity index (χ4v) is 3.22. The van der Waals surface area contributed by atoms with Gasteiger partial charge in [0, 0.05) is 42.8 Å². The third-order valence-corrected chi connectivity index (χ3v) is 4.37. The van der Waals surface area contributed by atoms with Crippen LogP contribution >= 0.6 is 0 Å². The van der Waals surface area contributed by atoms with Gasteiger partial charge in [-0.2, -0.15) is 0 Å². The van der Waals surface area contributed by atoms with E-state index in [0.29, 0.717) is 19.5 Å². The standard InChI is InChI=1S/C18H17NO3/c20-11-13-8-18(21)19(10-13)9-12-5-6-17-15(7-12)14-3-1-2-4-16(14)22-17/h1-7,13,20H,8-11H2. The van der Waals surface area contributed by atoms with Gasteiger partial charge in [0.2, 0.25) is 5.91 Å². The number of fused-ring (bicyclic) bond motifs is 3. The molecule has 112 valence electrons. The lowest BCUT2D eigenvalue weighted by Gasteiger charge is -2.16. The van der Waals surface area contributed by atoms with E-state index in [0.717, 1.165) is 27.5 Å². The number of benzene rings is 2. The molecule has 22 heavy (non-hydrogen) atoms. The molecule has 4 nitrogen and oxygen atoms in total. The van der Waals surface area contributed by atoms with Gasteiger partial charge in [0.1, 0.15) is 11.2 Å². The molecule has 0 spiro atoms. The van der Waals surface area contributed by atoms with Crippen molar-refractivity contribution in [2.45, 2.75) is 13.0 Å². The predicted octanol–water partition coefficient (Wildman–Crippen LogP) is 2.93. The third kappa shape index (κ3) is 2.16. The van der Waals surface area contributed by atoms with Crippen molar-refractivity contribution in [3.8, 4) is 0 Å². The molecule has 1 fully saturated rings. The van der Waals surface area contributed by atoms with Crippen molar-refractivity contribution in [1.29, 1.82) is 0 Å². The topological polar surface area (TPSA) is 53.7 Å². The highest BCUT2D eigenvalue weighted by Crippen LogP contribution is 2.30. The van der Waals surface area contributed by atoms with Crippen LogP contribution in [-0.4, -0.2) is 29.1 Å². The number of aliphatic hydroxyl groups excluding tert-OH is 1. The summed E-state index contributed by atoms with van der Waals surface area (Å²) >= 11 is 0. The normalized spacial score (nSPS) is 18.7. The lowest BCUT2D eigenvalue weighted by atomic mass is 10.1. The van der Waals surface area contributed by atoms with Crippen LogP contribution in [0.25, 0.3) is 21.9 Å². The zero-order valence-electron chi connectivity index (χ0n) is 12.2. The van der Waals surface area contributed by atoms with E-state index in [-0.39, 0.29) is 18.4 Å². The minimum atomic E-state index is 0.0750. The highest BCUT2D eigenvalue weighted by Gasteiger charge is 2.28. The minimum absolute atomic E-state index is 0.0750. The number of carbonyl (C=O) groups is 1. The fourth-order valence-electron chi connectivity index (χ4n) is 3.22. The highest BCUT2D eigenvalue weighted by atomic mass is 16.3. The first kappa shape index (κ1) is 13.3. The molecule has 1 saturated heterocycles. The number of hydrogen-bond donors (Lipinski definition) is 1. The van der Waals surface area contributed by atoms with Crippen LogP contribution < -0.4 is 0 Å². The molecule has 1 amide bonds. The van der Waals surface area contributed by atoms with Crippen LogP contribution in [0.4, 0.5) is 0 Å². The zero-order valence-corrected chi connectivity index (χ0v) is 12.2. The summed E-state index contributed by atoms with van der Waals surface area (Å²) in [4.78, 5) is 13.8. The Morgan fingerprint density at radius 2 is 1.95 bits per heavy atom. The van der Waals surface area contributed by atoms with E-state index >= 15 is 0 Å². The molecule has 1 aromatic heterocycles. The van der Waals surface area contributed by atoms with Crippen LogP contribution in [-0.2, 0) is 11.3 Å². The smallest absolute Gasteiger partial charge is 0.223 e. The Kier molecular flexibility index (Phi) is 3.12. The number of aliphatic hydroxyl groups is 1. The number of amides is 1. The Bertz CT molecular complexity index is 852. The molecule has 4 rings (SSSR count). The molecular formula is C18H17NO3. The Morgan fingerprint density at radius 3 is 2.77 bits per heavy atom. The molecule has 1 aliphatic rings. The summed E-state index contributed by atoms with van der Waals surface area (Å²) in [5.74, 6) is 0.196. The molecule has 2 aromatic carbocycles. The first-order valence-electron chi connectivity index (χ1n) is 7.53. The monoisotopic (exact) mass is 295 g/mol. The summed E-state index contributed by atoms with van der Waals surface area (Å²) in [5, 5.41) is 11.4. The van der Waals surface area contributed by atoms with Crippen molar-refractivity contribution in [2.75, 3.05) is 13.2 Å². The number of carbonyl (C=O) groups excluding carboxylic acids is 1. The number of hydrogen-bond acceptors (Lipinski definition) is 3. The number of rotatable bonds is 3. The maximum Gasteiger partial charge on any atom is 0.223 e. The van der Waals surface area contributed by atoms with E-state index in [1.165, 1.54) is 0 Å². The summed E-state index contributed by atoms with van der Waals surface area (Å²) in [6, 6.07) is 14.0. The first-order valence-corrected chi connectivity index (χ1v) is 7.53. The van der Waals surface area contributed by atoms with Gasteiger partial charge < -0.3 is 14.4 Å². The van der Waals surface area contributed by atoms with Gasteiger partial charge in [0.05, 0.1) is 0 Å². The molecule has 0 bridgehead atoms. The van der Waals surface area contributed by atoms with Crippen molar-refractivity contribution in [1.82, 2.24) is 4.90 Å². The number of nitrogens with zero attached hydrogens (tertiary/aromatic N) is 1. The average molecular weight is 295 g/mol. The van der Waals surface area contributed by atoms with Crippen LogP contribution in [0, 0.1) is 5.92 Å². The van der Waals surface area contributed by atoms with Gasteiger partial charge in [-0.1, -0.05) is 24.3 Å². The molecule has 0 saturated carbocycles. The van der Waals surface area contributed by atoms with Crippen LogP contribution in [0.5, 0.6) is 0 Å². The van der Waals surface area contributed by atoms with E-state index in [1.807, 2.05) is 41.3 Å². The summed E-state index contributed by atoms with van der Waals surface area (Å²) < 4.78 is 5.82. The highest BCUT2D eigenvalue weighted by molar-refractivity contribution is 6.05. The van der Waals surface area contributed by atoms with Gasteiger partial charge in [-0.3, -0.25) is 4.79 Å². The maximum atomic E-state index is 12.0. The average Bonchev–Trinajstić information content (AvgIpc) is 3.08. The Balaban J connectivity index is 1.68. The van der Waals surface area contributed by atoms with E-state index in [9.17, 15) is 9.90 Å². The van der Waals surface area contributed by atoms with Gasteiger partial charge >= 0.3 is 0 Å². The molecule has 1 N–H and O–H groups in total. The Hall–Kier alpha value is -2.33. The summed E-state index contributed by atoms with van der Waals surface area (Å²) in [6.07, 6.45) is 0.452. The van der Waals surface area contributed by atoms with Crippen LogP contribution in [0.2, 0.25) is 0 Å². The summed E-state index contributed by atoms with van der Waals surface area (Å²) in [7, 11) is 0. The number of furan rings is 1. The second kappa shape index (κ2) is 5.14. The van der Waals surface area contributed by atoms with Gasteiger partial charge in [-0.25, -0.2) is 0 Å². The van der Waals surface area contributed by atoms with Gasteiger partial charge in [0.25, 0.3) is 0 Å². The molecule has 1 aliphatic heterocycles. The van der Waals surface area contributed by atoms with Gasteiger partial charge in [-0.05, 0) is 23.8 Å². The van der Waals surface area contributed by atoms with Crippen molar-refractivity contribution in [2.24, 2.45) is 5.92 Å². The Labute approximate surface area is 127 Å². The molecule has 0 radical (unpaired) electrons. The third-order valence-electron chi connectivity index (χ3n) is 4.37. The second-order valence-electron chi connectivity index (χ2n) is 5.96. The van der Waals surface area contributed by atoms with E-state index < -0.39 is 0 Å². The molecule has 1 atom stereocenters. The predicted molar refractivity (Wildman–Crippen MR) is 84.3 cm³/mol. The molecular weight excluding hydrogens is 278 g/mol. The maximum absolute atomic E-state index is 12.0. The number of para-hydroxylation sites is 1. The van der Waals surface area contributed by atoms with E-state index in [2.05, 4.69) is 6.07 Å². The Morgan fingerprint density at radius 1 is 1.14 bits per heavy atom. The molecule has 4 heteroatoms. The minimum Gasteiger partial charge on any atom is -0.456 e. The van der Waals surface area contributed by atoms with Crippen molar-refractivity contribution in [3.63, 3.8) is 0 Å². The molecule has 3 aromatic rings. The number of likely N-dealkylation sites (tertiary alicyclic amines) is 1. The van der Waals surface area contributed by atoms with Crippen LogP contribution in [0.3, 0.4) is 0 Å². The lowest BCUT2D eigenvalue weighted by Crippen LogP contribution is -2.24. The zero-order chi connectivity index (χ0) is 15.1. The van der Waals surface area contributed by atoms with E-state index in [1.54, 1.807) is 0 Å². The van der Waals surface area contributed by atoms with E-state index in [4.69, 9.17) is 4.42 Å². The summed E-state index contributed by atoms with van der Waals surface area (Å²) in [5.41, 5.74) is 2.84. The van der Waals surface area contributed by atoms with Crippen molar-refractivity contribution in [3.05, 3.63) is 48.0 Å². The lowest BCUT2D eigenvalue weighted by molar-refractivity contribution is -0.128. The molecule has 0 aliphatic carbocycles. The van der Waals surface area contributed by atoms with Crippen molar-refractivity contribution < 1.29 is 14.3 Å². The van der Waals surface area contributed by atoms with Crippen LogP contribution in [0.15, 0.2) is 46.9 Å². The first-order chi connectivity index (χ1) is 10.7. The largest absolute Gasteiger partial charge is 0.456 e. The quantitative estimate of drug-likeness (QED) is 0.808. The van der Waals surface area contributed by atoms with Crippen molar-refractivity contribution >= 4 is 27.8 Å². The fraction of sp³-hybridized carbons (Fsp3) is 0.278. The molecule has 2 heterocycles.